The number of thioether (sulfide) groups is 1. The first-order valence-electron chi connectivity index (χ1n) is 8.61. The SMILES string of the molecule is O=C(COC(=O)CSCc1cccs1)Nc1ccc(N2CCCC2)cc1. The summed E-state index contributed by atoms with van der Waals surface area (Å²) in [6.45, 7) is 1.92. The van der Waals surface area contributed by atoms with Gasteiger partial charge in [-0.25, -0.2) is 0 Å². The zero-order valence-corrected chi connectivity index (χ0v) is 16.1. The molecule has 3 rings (SSSR count). The molecule has 0 radical (unpaired) electrons. The number of hydrogen-bond donors (Lipinski definition) is 1. The van der Waals surface area contributed by atoms with Crippen molar-refractivity contribution in [3.8, 4) is 0 Å². The topological polar surface area (TPSA) is 58.6 Å². The van der Waals surface area contributed by atoms with Crippen molar-refractivity contribution in [3.63, 3.8) is 0 Å². The van der Waals surface area contributed by atoms with Crippen LogP contribution in [0.3, 0.4) is 0 Å². The number of hydrogen-bond acceptors (Lipinski definition) is 6. The molecule has 2 aromatic rings. The Balaban J connectivity index is 1.34. The molecular formula is C19H22N2O3S2. The number of carbonyl (C=O) groups is 2. The van der Waals surface area contributed by atoms with Crippen molar-refractivity contribution in [2.45, 2.75) is 18.6 Å². The molecule has 1 aromatic carbocycles. The number of benzene rings is 1. The van der Waals surface area contributed by atoms with Crippen LogP contribution < -0.4 is 10.2 Å². The van der Waals surface area contributed by atoms with Gasteiger partial charge in [0.25, 0.3) is 5.91 Å². The number of anilines is 2. The Bertz CT molecular complexity index is 711. The van der Waals surface area contributed by atoms with E-state index in [0.29, 0.717) is 5.69 Å². The molecule has 7 heteroatoms. The second kappa shape index (κ2) is 9.64. The van der Waals surface area contributed by atoms with Crippen molar-refractivity contribution in [1.82, 2.24) is 0 Å². The molecule has 0 atom stereocenters. The van der Waals surface area contributed by atoms with Crippen molar-refractivity contribution >= 4 is 46.3 Å². The Hall–Kier alpha value is -1.99. The molecule has 0 aliphatic carbocycles. The third-order valence-corrected chi connectivity index (χ3v) is 6.04. The third kappa shape index (κ3) is 5.78. The van der Waals surface area contributed by atoms with E-state index in [0.717, 1.165) is 18.8 Å². The van der Waals surface area contributed by atoms with Gasteiger partial charge >= 0.3 is 5.97 Å². The highest BCUT2D eigenvalue weighted by atomic mass is 32.2. The van der Waals surface area contributed by atoms with Gasteiger partial charge in [0, 0.05) is 35.1 Å². The van der Waals surface area contributed by atoms with Crippen LogP contribution in [0, 0.1) is 0 Å². The summed E-state index contributed by atoms with van der Waals surface area (Å²) in [5, 5.41) is 4.76. The van der Waals surface area contributed by atoms with Crippen LogP contribution >= 0.6 is 23.1 Å². The second-order valence-electron chi connectivity index (χ2n) is 6.02. The quantitative estimate of drug-likeness (QED) is 0.696. The van der Waals surface area contributed by atoms with Gasteiger partial charge in [0.1, 0.15) is 0 Å². The molecule has 1 N–H and O–H groups in total. The van der Waals surface area contributed by atoms with Crippen molar-refractivity contribution in [2.24, 2.45) is 0 Å². The molecule has 1 aliphatic rings. The summed E-state index contributed by atoms with van der Waals surface area (Å²) in [4.78, 5) is 27.2. The molecule has 1 aliphatic heterocycles. The van der Waals surface area contributed by atoms with Gasteiger partial charge in [-0.3, -0.25) is 9.59 Å². The molecule has 5 nitrogen and oxygen atoms in total. The van der Waals surface area contributed by atoms with Gasteiger partial charge in [-0.1, -0.05) is 6.07 Å². The van der Waals surface area contributed by atoms with Crippen LogP contribution in [0.1, 0.15) is 17.7 Å². The van der Waals surface area contributed by atoms with Gasteiger partial charge in [0.2, 0.25) is 0 Å². The summed E-state index contributed by atoms with van der Waals surface area (Å²) >= 11 is 3.15. The van der Waals surface area contributed by atoms with Crippen LogP contribution in [0.5, 0.6) is 0 Å². The summed E-state index contributed by atoms with van der Waals surface area (Å²) in [6.07, 6.45) is 2.46. The van der Waals surface area contributed by atoms with Crippen molar-refractivity contribution < 1.29 is 14.3 Å². The Morgan fingerprint density at radius 2 is 1.92 bits per heavy atom. The molecule has 0 unspecified atom stereocenters. The predicted octanol–water partition coefficient (Wildman–Crippen LogP) is 3.76. The van der Waals surface area contributed by atoms with Crippen molar-refractivity contribution in [1.29, 1.82) is 0 Å². The Labute approximate surface area is 161 Å². The maximum absolute atomic E-state index is 11.9. The predicted molar refractivity (Wildman–Crippen MR) is 108 cm³/mol. The number of amides is 1. The van der Waals surface area contributed by atoms with Gasteiger partial charge in [0.15, 0.2) is 6.61 Å². The average molecular weight is 391 g/mol. The Morgan fingerprint density at radius 1 is 1.15 bits per heavy atom. The molecule has 0 bridgehead atoms. The summed E-state index contributed by atoms with van der Waals surface area (Å²) < 4.78 is 5.02. The fourth-order valence-corrected chi connectivity index (χ4v) is 4.41. The van der Waals surface area contributed by atoms with E-state index in [1.165, 1.54) is 35.2 Å². The van der Waals surface area contributed by atoms with E-state index in [2.05, 4.69) is 10.2 Å². The summed E-state index contributed by atoms with van der Waals surface area (Å²) in [7, 11) is 0. The van der Waals surface area contributed by atoms with E-state index in [4.69, 9.17) is 4.74 Å². The molecule has 26 heavy (non-hydrogen) atoms. The van der Waals surface area contributed by atoms with Crippen LogP contribution in [0.2, 0.25) is 0 Å². The second-order valence-corrected chi connectivity index (χ2v) is 8.04. The molecule has 1 amide bonds. The first-order valence-corrected chi connectivity index (χ1v) is 10.6. The number of carbonyl (C=O) groups excluding carboxylic acids is 2. The van der Waals surface area contributed by atoms with E-state index in [9.17, 15) is 9.59 Å². The normalized spacial score (nSPS) is 13.6. The molecule has 0 saturated carbocycles. The van der Waals surface area contributed by atoms with Crippen LogP contribution in [0.15, 0.2) is 41.8 Å². The fourth-order valence-electron chi connectivity index (χ4n) is 2.75. The minimum absolute atomic E-state index is 0.246. The largest absolute Gasteiger partial charge is 0.455 e. The molecular weight excluding hydrogens is 368 g/mol. The minimum Gasteiger partial charge on any atom is -0.455 e. The number of nitrogens with zero attached hydrogens (tertiary/aromatic N) is 1. The van der Waals surface area contributed by atoms with E-state index in [-0.39, 0.29) is 24.2 Å². The van der Waals surface area contributed by atoms with E-state index < -0.39 is 0 Å². The number of nitrogens with one attached hydrogen (secondary N) is 1. The van der Waals surface area contributed by atoms with Crippen LogP contribution in [-0.4, -0.2) is 37.3 Å². The summed E-state index contributed by atoms with van der Waals surface area (Å²) in [5.41, 5.74) is 1.88. The van der Waals surface area contributed by atoms with Crippen molar-refractivity contribution in [3.05, 3.63) is 46.7 Å². The molecule has 1 aromatic heterocycles. The van der Waals surface area contributed by atoms with Crippen LogP contribution in [0.25, 0.3) is 0 Å². The summed E-state index contributed by atoms with van der Waals surface area (Å²) in [6, 6.07) is 11.8. The molecule has 1 fully saturated rings. The lowest BCUT2D eigenvalue weighted by molar-refractivity contribution is -0.144. The van der Waals surface area contributed by atoms with Crippen LogP contribution in [0.4, 0.5) is 11.4 Å². The van der Waals surface area contributed by atoms with E-state index >= 15 is 0 Å². The van der Waals surface area contributed by atoms with E-state index in [1.807, 2.05) is 41.8 Å². The maximum atomic E-state index is 11.9. The van der Waals surface area contributed by atoms with Gasteiger partial charge < -0.3 is 15.0 Å². The van der Waals surface area contributed by atoms with Crippen LogP contribution in [-0.2, 0) is 20.1 Å². The standard InChI is InChI=1S/C19H22N2O3S2/c22-18(12-24-19(23)14-25-13-17-4-3-11-26-17)20-15-5-7-16(8-6-15)21-9-1-2-10-21/h3-8,11H,1-2,9-10,12-14H2,(H,20,22). The average Bonchev–Trinajstić information content (AvgIpc) is 3.34. The first kappa shape index (κ1) is 18.8. The zero-order valence-electron chi connectivity index (χ0n) is 14.5. The molecule has 0 spiro atoms. The van der Waals surface area contributed by atoms with Gasteiger partial charge in [-0.2, -0.15) is 0 Å². The minimum atomic E-state index is -0.369. The smallest absolute Gasteiger partial charge is 0.316 e. The van der Waals surface area contributed by atoms with Gasteiger partial charge in [-0.05, 0) is 48.6 Å². The lowest BCUT2D eigenvalue weighted by Gasteiger charge is -2.17. The highest BCUT2D eigenvalue weighted by Crippen LogP contribution is 2.22. The third-order valence-electron chi connectivity index (χ3n) is 4.03. The number of rotatable bonds is 8. The first-order chi connectivity index (χ1) is 12.7. The lowest BCUT2D eigenvalue weighted by atomic mass is 10.2. The molecule has 2 heterocycles. The van der Waals surface area contributed by atoms with Crippen molar-refractivity contribution in [2.75, 3.05) is 35.7 Å². The zero-order chi connectivity index (χ0) is 18.2. The highest BCUT2D eigenvalue weighted by molar-refractivity contribution is 7.99. The summed E-state index contributed by atoms with van der Waals surface area (Å²) in [5.74, 6) is 0.333. The lowest BCUT2D eigenvalue weighted by Crippen LogP contribution is -2.22. The monoisotopic (exact) mass is 390 g/mol. The Kier molecular flexibility index (Phi) is 6.96. The fraction of sp³-hybridized carbons (Fsp3) is 0.368. The molecule has 138 valence electrons. The molecule has 1 saturated heterocycles. The number of thiophene rings is 1. The van der Waals surface area contributed by atoms with E-state index in [1.54, 1.807) is 11.3 Å². The number of esters is 1. The van der Waals surface area contributed by atoms with Gasteiger partial charge in [-0.15, -0.1) is 23.1 Å². The highest BCUT2D eigenvalue weighted by Gasteiger charge is 2.12. The number of ether oxygens (including phenoxy) is 1. The van der Waals surface area contributed by atoms with Gasteiger partial charge in [0.05, 0.1) is 5.75 Å². The maximum Gasteiger partial charge on any atom is 0.316 e. The Morgan fingerprint density at radius 3 is 2.62 bits per heavy atom.